The third kappa shape index (κ3) is 34.2. The van der Waals surface area contributed by atoms with Crippen LogP contribution in [0.25, 0.3) is 0 Å². The van der Waals surface area contributed by atoms with Crippen LogP contribution in [0.1, 0.15) is 65.7 Å². The third-order valence-corrected chi connectivity index (χ3v) is 6.32. The number of allylic oxidation sites excluding steroid dienone is 4. The van der Waals surface area contributed by atoms with Gasteiger partial charge in [0.2, 0.25) is 0 Å². The molecule has 0 aromatic heterocycles. The molecule has 0 fully saturated rings. The molecular formula is C19H41GeO3Zr-. The average molecular weight is 481 g/mol. The molecule has 0 atom stereocenters. The van der Waals surface area contributed by atoms with Crippen LogP contribution in [-0.2, 0) is 26.2 Å². The Morgan fingerprint density at radius 1 is 0.875 bits per heavy atom. The fourth-order valence-electron chi connectivity index (χ4n) is 1.29. The van der Waals surface area contributed by atoms with Crippen molar-refractivity contribution in [2.24, 2.45) is 0 Å². The Kier molecular flexibility index (Phi) is 42.7. The van der Waals surface area contributed by atoms with E-state index in [1.54, 1.807) is 4.41 Å². The number of aliphatic hydroxyl groups is 3. The molecule has 0 radical (unpaired) electrons. The molecular weight excluding hydrogens is 440 g/mol. The van der Waals surface area contributed by atoms with Gasteiger partial charge in [-0.05, 0) is 19.3 Å². The summed E-state index contributed by atoms with van der Waals surface area (Å²) in [5, 5.41) is 24.2. The molecule has 0 aromatic carbocycles. The molecule has 0 saturated carbocycles. The van der Waals surface area contributed by atoms with Crippen molar-refractivity contribution in [2.45, 2.75) is 77.2 Å². The van der Waals surface area contributed by atoms with Crippen molar-refractivity contribution in [2.75, 3.05) is 19.8 Å². The third-order valence-electron chi connectivity index (χ3n) is 2.88. The van der Waals surface area contributed by atoms with Crippen LogP contribution in [0.3, 0.4) is 0 Å². The van der Waals surface area contributed by atoms with E-state index in [1.807, 2.05) is 0 Å². The van der Waals surface area contributed by atoms with E-state index in [1.165, 1.54) is 0 Å². The standard InChI is InChI=1S/C7H11Ge.3C4H10O.Zr/c1-8(2)7-5-3-4-6-7;3*1-2-3-4-5;/h3,5,8H,4H2,1-2H3;3*5H,2-4H2,1H3;/q-1;;;;. The summed E-state index contributed by atoms with van der Waals surface area (Å²) < 4.78 is 1.55. The molecule has 3 nitrogen and oxygen atoms in total. The molecule has 0 bridgehead atoms. The van der Waals surface area contributed by atoms with Crippen molar-refractivity contribution in [1.29, 1.82) is 0 Å². The fourth-order valence-corrected chi connectivity index (χ4v) is 3.49. The second-order valence-electron chi connectivity index (χ2n) is 5.62. The van der Waals surface area contributed by atoms with Crippen LogP contribution in [0.15, 0.2) is 16.6 Å². The fraction of sp³-hybridized carbons (Fsp3) is 0.789. The number of rotatable bonds is 7. The van der Waals surface area contributed by atoms with Gasteiger partial charge in [0, 0.05) is 46.0 Å². The Morgan fingerprint density at radius 3 is 1.33 bits per heavy atom. The molecule has 5 heteroatoms. The van der Waals surface area contributed by atoms with Crippen LogP contribution < -0.4 is 0 Å². The molecule has 1 rings (SSSR count). The maximum absolute atomic E-state index is 8.07. The van der Waals surface area contributed by atoms with Gasteiger partial charge in [-0.25, -0.2) is 0 Å². The predicted octanol–water partition coefficient (Wildman–Crippen LogP) is 4.04. The van der Waals surface area contributed by atoms with Gasteiger partial charge in [0.05, 0.1) is 0 Å². The number of aliphatic hydroxyl groups excluding tert-OH is 3. The van der Waals surface area contributed by atoms with Gasteiger partial charge in [-0.1, -0.05) is 40.0 Å². The molecule has 144 valence electrons. The molecule has 1 aliphatic carbocycles. The second kappa shape index (κ2) is 31.5. The van der Waals surface area contributed by atoms with E-state index >= 15 is 0 Å². The van der Waals surface area contributed by atoms with Gasteiger partial charge in [-0.2, -0.15) is 0 Å². The summed E-state index contributed by atoms with van der Waals surface area (Å²) in [6.07, 6.45) is 15.0. The quantitative estimate of drug-likeness (QED) is 0.380. The predicted molar refractivity (Wildman–Crippen MR) is 105 cm³/mol. The first-order valence-electron chi connectivity index (χ1n) is 9.15. The van der Waals surface area contributed by atoms with E-state index in [-0.39, 0.29) is 26.2 Å². The molecule has 0 unspecified atom stereocenters. The molecule has 3 N–H and O–H groups in total. The van der Waals surface area contributed by atoms with Crippen LogP contribution in [0.2, 0.25) is 11.5 Å². The van der Waals surface area contributed by atoms with Gasteiger partial charge >= 0.3 is 54.9 Å². The maximum atomic E-state index is 8.07. The van der Waals surface area contributed by atoms with Crippen molar-refractivity contribution >= 4 is 14.3 Å². The van der Waals surface area contributed by atoms with Gasteiger partial charge in [-0.3, -0.25) is 0 Å². The maximum Gasteiger partial charge on any atom is 0 e. The molecule has 0 saturated heterocycles. The summed E-state index contributed by atoms with van der Waals surface area (Å²) in [5.74, 6) is 4.76. The Labute approximate surface area is 174 Å². The first-order chi connectivity index (χ1) is 11.0. The monoisotopic (exact) mass is 481 g/mol. The first kappa shape index (κ1) is 32.5. The molecule has 24 heavy (non-hydrogen) atoms. The zero-order valence-electron chi connectivity index (χ0n) is 16.6. The average Bonchev–Trinajstić information content (AvgIpc) is 3.06. The minimum atomic E-state index is -0.912. The number of hydrogen-bond donors (Lipinski definition) is 3. The van der Waals surface area contributed by atoms with Gasteiger partial charge in [0.15, 0.2) is 0 Å². The molecule has 0 spiro atoms. The van der Waals surface area contributed by atoms with Gasteiger partial charge in [-0.15, -0.1) is 0 Å². The Morgan fingerprint density at radius 2 is 1.25 bits per heavy atom. The van der Waals surface area contributed by atoms with E-state index in [9.17, 15) is 0 Å². The smallest absolute Gasteiger partial charge is 0 e. The number of unbranched alkanes of at least 4 members (excludes halogenated alkanes) is 3. The summed E-state index contributed by atoms with van der Waals surface area (Å²) in [6, 6.07) is 0. The second-order valence-corrected chi connectivity index (χ2v) is 11.8. The van der Waals surface area contributed by atoms with E-state index < -0.39 is 14.3 Å². The van der Waals surface area contributed by atoms with E-state index in [2.05, 4.69) is 50.5 Å². The normalized spacial score (nSPS) is 11.1. The van der Waals surface area contributed by atoms with Crippen LogP contribution in [-0.4, -0.2) is 49.5 Å². The Hall–Kier alpha value is 0.786. The largest absolute Gasteiger partial charge is 0 e. The zero-order chi connectivity index (χ0) is 18.3. The molecule has 1 aliphatic rings. The summed E-state index contributed by atoms with van der Waals surface area (Å²) in [5.41, 5.74) is 0. The first-order valence-corrected chi connectivity index (χ1v) is 15.2. The topological polar surface area (TPSA) is 60.7 Å². The number of hydrogen-bond acceptors (Lipinski definition) is 3. The van der Waals surface area contributed by atoms with Crippen molar-refractivity contribution in [3.05, 3.63) is 22.6 Å². The summed E-state index contributed by atoms with van der Waals surface area (Å²) in [6.45, 7) is 7.19. The van der Waals surface area contributed by atoms with Crippen molar-refractivity contribution in [3.8, 4) is 0 Å². The summed E-state index contributed by atoms with van der Waals surface area (Å²) in [4.78, 5) is 0. The Balaban J connectivity index is -0.000000113. The van der Waals surface area contributed by atoms with Crippen LogP contribution in [0.5, 0.6) is 0 Å². The zero-order valence-corrected chi connectivity index (χ0v) is 21.5. The van der Waals surface area contributed by atoms with Crippen molar-refractivity contribution < 1.29 is 41.5 Å². The molecule has 0 heterocycles. The van der Waals surface area contributed by atoms with E-state index in [4.69, 9.17) is 15.3 Å². The van der Waals surface area contributed by atoms with Gasteiger partial charge in [0.25, 0.3) is 0 Å². The van der Waals surface area contributed by atoms with Crippen LogP contribution in [0, 0.1) is 6.08 Å². The van der Waals surface area contributed by atoms with Crippen molar-refractivity contribution in [3.63, 3.8) is 0 Å². The van der Waals surface area contributed by atoms with E-state index in [0.717, 1.165) is 44.9 Å². The molecule has 0 amide bonds. The van der Waals surface area contributed by atoms with Crippen LogP contribution >= 0.6 is 0 Å². The molecule has 0 aliphatic heterocycles. The Bertz CT molecular complexity index is 237. The van der Waals surface area contributed by atoms with Gasteiger partial charge in [0.1, 0.15) is 0 Å². The van der Waals surface area contributed by atoms with Crippen LogP contribution in [0.4, 0.5) is 0 Å². The molecule has 0 aromatic rings. The SMILES string of the molecule is CCCCO.CCCCO.CCCCO.[CH3][GeH]([CH3])[C]1=[C-]CC=C1.[Zr]. The minimum Gasteiger partial charge on any atom is 0 e. The minimum absolute atomic E-state index is 0. The van der Waals surface area contributed by atoms with E-state index in [0.29, 0.717) is 19.8 Å². The summed E-state index contributed by atoms with van der Waals surface area (Å²) in [7, 11) is 0. The van der Waals surface area contributed by atoms with Gasteiger partial charge < -0.3 is 15.3 Å². The summed E-state index contributed by atoms with van der Waals surface area (Å²) >= 11 is -0.912. The van der Waals surface area contributed by atoms with Crippen molar-refractivity contribution in [1.82, 2.24) is 0 Å².